The molecule has 0 bridgehead atoms. The molecule has 3 heteroatoms. The molecule has 3 rings (SSSR count). The third-order valence-electron chi connectivity index (χ3n) is 8.65. The van der Waals surface area contributed by atoms with Crippen molar-refractivity contribution < 1.29 is 9.53 Å². The van der Waals surface area contributed by atoms with Gasteiger partial charge in [0.15, 0.2) is 0 Å². The minimum Gasteiger partial charge on any atom is -0.425 e. The summed E-state index contributed by atoms with van der Waals surface area (Å²) in [6, 6.07) is 3.90. The van der Waals surface area contributed by atoms with Crippen LogP contribution >= 0.6 is 0 Å². The summed E-state index contributed by atoms with van der Waals surface area (Å²) >= 11 is 0. The molecule has 1 heterocycles. The van der Waals surface area contributed by atoms with Gasteiger partial charge in [-0.25, -0.2) is 0 Å². The number of nitrogens with zero attached hydrogens (tertiary/aromatic N) is 1. The Morgan fingerprint density at radius 1 is 0.765 bits per heavy atom. The van der Waals surface area contributed by atoms with Crippen LogP contribution in [0.4, 0.5) is 0 Å². The van der Waals surface area contributed by atoms with Crippen molar-refractivity contribution >= 4 is 5.97 Å². The van der Waals surface area contributed by atoms with Crippen LogP contribution in [0.2, 0.25) is 0 Å². The fourth-order valence-corrected chi connectivity index (χ4v) is 6.18. The van der Waals surface area contributed by atoms with Crippen molar-refractivity contribution in [3.63, 3.8) is 0 Å². The molecule has 2 saturated carbocycles. The summed E-state index contributed by atoms with van der Waals surface area (Å²) in [5, 5.41) is 0. The highest BCUT2D eigenvalue weighted by Gasteiger charge is 2.29. The minimum absolute atomic E-state index is 0.0467. The summed E-state index contributed by atoms with van der Waals surface area (Å²) in [5.41, 5.74) is 1.08. The summed E-state index contributed by atoms with van der Waals surface area (Å²) in [6.45, 7) is 4.49. The van der Waals surface area contributed by atoms with Gasteiger partial charge < -0.3 is 4.74 Å². The molecule has 0 spiro atoms. The number of unbranched alkanes of at least 4 members (excludes halogenated alkanes) is 5. The van der Waals surface area contributed by atoms with Crippen molar-refractivity contribution in [2.45, 2.75) is 136 Å². The number of rotatable bonds is 14. The second-order valence-corrected chi connectivity index (χ2v) is 11.4. The quantitative estimate of drug-likeness (QED) is 0.201. The lowest BCUT2D eigenvalue weighted by Crippen LogP contribution is -2.26. The molecule has 0 aromatic carbocycles. The smallest absolute Gasteiger partial charge is 0.314 e. The molecular weight excluding hydrogens is 418 g/mol. The van der Waals surface area contributed by atoms with Gasteiger partial charge in [-0.15, -0.1) is 0 Å². The average molecular weight is 470 g/mol. The third-order valence-corrected chi connectivity index (χ3v) is 8.65. The number of carbonyl (C=O) groups is 1. The van der Waals surface area contributed by atoms with Crippen molar-refractivity contribution in [1.82, 2.24) is 4.98 Å². The zero-order chi connectivity index (χ0) is 24.0. The number of aryl methyl sites for hydroxylation is 1. The number of hydrogen-bond donors (Lipinski definition) is 0. The Kier molecular flexibility index (Phi) is 12.5. The van der Waals surface area contributed by atoms with Crippen LogP contribution in [0.5, 0.6) is 5.75 Å². The van der Waals surface area contributed by atoms with E-state index in [-0.39, 0.29) is 11.9 Å². The van der Waals surface area contributed by atoms with Crippen molar-refractivity contribution in [1.29, 1.82) is 0 Å². The lowest BCUT2D eigenvalue weighted by molar-refractivity contribution is -0.140. The molecule has 2 aliphatic carbocycles. The lowest BCUT2D eigenvalue weighted by Gasteiger charge is -2.31. The van der Waals surface area contributed by atoms with Crippen LogP contribution < -0.4 is 4.74 Å². The molecule has 0 amide bonds. The second-order valence-electron chi connectivity index (χ2n) is 11.4. The Morgan fingerprint density at radius 2 is 1.35 bits per heavy atom. The van der Waals surface area contributed by atoms with E-state index in [1.165, 1.54) is 96.3 Å². The van der Waals surface area contributed by atoms with Gasteiger partial charge in [-0.05, 0) is 68.4 Å². The Bertz CT molecular complexity index is 669. The van der Waals surface area contributed by atoms with E-state index in [1.807, 2.05) is 12.1 Å². The van der Waals surface area contributed by atoms with Gasteiger partial charge in [0.05, 0.1) is 12.1 Å². The molecule has 2 aliphatic rings. The second kappa shape index (κ2) is 15.6. The van der Waals surface area contributed by atoms with Gasteiger partial charge in [0.25, 0.3) is 0 Å². The summed E-state index contributed by atoms with van der Waals surface area (Å²) in [5.74, 6) is 3.43. The highest BCUT2D eigenvalue weighted by molar-refractivity contribution is 5.75. The lowest BCUT2D eigenvalue weighted by atomic mass is 9.75. The van der Waals surface area contributed by atoms with E-state index in [0.717, 1.165) is 49.1 Å². The van der Waals surface area contributed by atoms with Crippen LogP contribution in [0.25, 0.3) is 0 Å². The molecule has 2 fully saturated rings. The average Bonchev–Trinajstić information content (AvgIpc) is 2.88. The Morgan fingerprint density at radius 3 is 1.94 bits per heavy atom. The number of hydrogen-bond acceptors (Lipinski definition) is 3. The SMILES string of the molecule is CCCCCCCC1CCC(CCC2CCC(C(=O)Oc3ccc(CCCC)nc3)CC2)CC1. The van der Waals surface area contributed by atoms with Crippen molar-refractivity contribution in [2.24, 2.45) is 23.7 Å². The standard InChI is InChI=1S/C31H51NO2/c1-3-5-7-8-9-10-25-12-14-26(15-13-25)16-17-27-18-20-28(21-19-27)31(33)34-30-23-22-29(32-24-30)11-6-4-2/h22-28H,3-21H2,1-2H3. The van der Waals surface area contributed by atoms with Crippen LogP contribution in [0, 0.1) is 23.7 Å². The number of esters is 1. The zero-order valence-electron chi connectivity index (χ0n) is 22.2. The number of pyridine rings is 1. The van der Waals surface area contributed by atoms with Gasteiger partial charge in [0.2, 0.25) is 0 Å². The van der Waals surface area contributed by atoms with E-state index in [0.29, 0.717) is 5.75 Å². The van der Waals surface area contributed by atoms with E-state index < -0.39 is 0 Å². The molecule has 0 saturated heterocycles. The molecule has 34 heavy (non-hydrogen) atoms. The largest absolute Gasteiger partial charge is 0.425 e. The Hall–Kier alpha value is -1.38. The van der Waals surface area contributed by atoms with Crippen LogP contribution in [-0.2, 0) is 11.2 Å². The van der Waals surface area contributed by atoms with Crippen LogP contribution in [0.1, 0.15) is 135 Å². The first-order valence-corrected chi connectivity index (χ1v) is 14.8. The first kappa shape index (κ1) is 27.2. The normalized spacial score (nSPS) is 25.2. The molecule has 0 unspecified atom stereocenters. The van der Waals surface area contributed by atoms with Gasteiger partial charge in [-0.1, -0.05) is 97.3 Å². The zero-order valence-corrected chi connectivity index (χ0v) is 22.2. The van der Waals surface area contributed by atoms with E-state index in [2.05, 4.69) is 18.8 Å². The van der Waals surface area contributed by atoms with Crippen molar-refractivity contribution in [3.05, 3.63) is 24.0 Å². The molecule has 1 aromatic heterocycles. The predicted octanol–water partition coefficient (Wildman–Crippen LogP) is 9.08. The van der Waals surface area contributed by atoms with E-state index in [1.54, 1.807) is 6.20 Å². The fourth-order valence-electron chi connectivity index (χ4n) is 6.18. The summed E-state index contributed by atoms with van der Waals surface area (Å²) in [6.07, 6.45) is 26.7. The van der Waals surface area contributed by atoms with E-state index >= 15 is 0 Å². The van der Waals surface area contributed by atoms with E-state index in [9.17, 15) is 4.79 Å². The molecule has 0 radical (unpaired) electrons. The van der Waals surface area contributed by atoms with Gasteiger partial charge >= 0.3 is 5.97 Å². The van der Waals surface area contributed by atoms with Crippen LogP contribution in [0.15, 0.2) is 18.3 Å². The molecule has 3 nitrogen and oxygen atoms in total. The maximum atomic E-state index is 12.6. The highest BCUT2D eigenvalue weighted by Crippen LogP contribution is 2.38. The predicted molar refractivity (Wildman–Crippen MR) is 142 cm³/mol. The summed E-state index contributed by atoms with van der Waals surface area (Å²) in [7, 11) is 0. The number of ether oxygens (including phenoxy) is 1. The van der Waals surface area contributed by atoms with Crippen molar-refractivity contribution in [3.8, 4) is 5.75 Å². The van der Waals surface area contributed by atoms with Gasteiger partial charge in [0, 0.05) is 5.69 Å². The molecule has 1 aromatic rings. The van der Waals surface area contributed by atoms with Gasteiger partial charge in [-0.3, -0.25) is 9.78 Å². The number of carbonyl (C=O) groups excluding carboxylic acids is 1. The highest BCUT2D eigenvalue weighted by atomic mass is 16.5. The van der Waals surface area contributed by atoms with Crippen LogP contribution in [-0.4, -0.2) is 11.0 Å². The first-order chi connectivity index (χ1) is 16.7. The van der Waals surface area contributed by atoms with E-state index in [4.69, 9.17) is 4.74 Å². The monoisotopic (exact) mass is 469 g/mol. The fraction of sp³-hybridized carbons (Fsp3) is 0.806. The Labute approximate surface area is 209 Å². The molecule has 0 N–H and O–H groups in total. The first-order valence-electron chi connectivity index (χ1n) is 14.8. The maximum Gasteiger partial charge on any atom is 0.314 e. The van der Waals surface area contributed by atoms with Crippen molar-refractivity contribution in [2.75, 3.05) is 0 Å². The molecule has 0 atom stereocenters. The summed E-state index contributed by atoms with van der Waals surface area (Å²) in [4.78, 5) is 17.1. The number of aromatic nitrogens is 1. The molecule has 192 valence electrons. The molecule has 0 aliphatic heterocycles. The summed E-state index contributed by atoms with van der Waals surface area (Å²) < 4.78 is 5.66. The third kappa shape index (κ3) is 9.70. The molecular formula is C31H51NO2. The Balaban J connectivity index is 1.26. The van der Waals surface area contributed by atoms with Gasteiger partial charge in [-0.2, -0.15) is 0 Å². The van der Waals surface area contributed by atoms with Gasteiger partial charge in [0.1, 0.15) is 5.75 Å². The topological polar surface area (TPSA) is 39.2 Å². The van der Waals surface area contributed by atoms with Crippen LogP contribution in [0.3, 0.4) is 0 Å². The maximum absolute atomic E-state index is 12.6. The minimum atomic E-state index is -0.0467.